The second-order valence-electron chi connectivity index (χ2n) is 4.24. The van der Waals surface area contributed by atoms with Gasteiger partial charge in [-0.3, -0.25) is 14.4 Å². The Labute approximate surface area is 115 Å². The van der Waals surface area contributed by atoms with Crippen molar-refractivity contribution >= 4 is 23.6 Å². The fraction of sp³-hybridized carbons (Fsp3) is 0.636. The molecule has 0 fully saturated rings. The zero-order valence-electron chi connectivity index (χ0n) is 10.9. The number of carbonyl (C=O) groups excluding carboxylic acids is 2. The molecule has 0 rings (SSSR count). The molecule has 0 aliphatic rings. The number of aliphatic carboxylic acids is 2. The van der Waals surface area contributed by atoms with Gasteiger partial charge < -0.3 is 27.0 Å². The molecule has 0 aliphatic carbocycles. The molecule has 0 aromatic rings. The molecule has 0 radical (unpaired) electrons. The third-order valence-electron chi connectivity index (χ3n) is 2.49. The first-order chi connectivity index (χ1) is 9.23. The standard InChI is InChI=1S/C11H19N3O6/c12-6(4-5-9(17)18)7(15)2-1-3-8(16)14-10(13)11(19)20/h6,10H,1-5,12-13H2,(H,14,16)(H,17,18)(H,19,20). The number of ketones is 1. The number of hydrogen-bond donors (Lipinski definition) is 5. The van der Waals surface area contributed by atoms with E-state index in [0.717, 1.165) is 0 Å². The molecule has 7 N–H and O–H groups in total. The van der Waals surface area contributed by atoms with E-state index in [4.69, 9.17) is 21.7 Å². The summed E-state index contributed by atoms with van der Waals surface area (Å²) in [5, 5.41) is 18.9. The Balaban J connectivity index is 3.88. The highest BCUT2D eigenvalue weighted by atomic mass is 16.4. The summed E-state index contributed by atoms with van der Waals surface area (Å²) in [6, 6.07) is -0.865. The Kier molecular flexibility index (Phi) is 8.09. The fourth-order valence-electron chi connectivity index (χ4n) is 1.36. The molecule has 0 aromatic carbocycles. The maximum absolute atomic E-state index is 11.5. The number of carboxylic acid groups (broad SMARTS) is 2. The quantitative estimate of drug-likeness (QED) is 0.299. The van der Waals surface area contributed by atoms with Crippen molar-refractivity contribution in [2.45, 2.75) is 44.3 Å². The van der Waals surface area contributed by atoms with Crippen LogP contribution in [0.15, 0.2) is 0 Å². The summed E-state index contributed by atoms with van der Waals surface area (Å²) in [6.45, 7) is 0. The van der Waals surface area contributed by atoms with Crippen LogP contribution in [0.25, 0.3) is 0 Å². The SMILES string of the molecule is NC(CCC(=O)O)C(=O)CCCC(=O)NC(N)C(=O)O. The van der Waals surface area contributed by atoms with E-state index in [0.29, 0.717) is 0 Å². The van der Waals surface area contributed by atoms with E-state index in [2.05, 4.69) is 0 Å². The highest BCUT2D eigenvalue weighted by Gasteiger charge is 2.17. The van der Waals surface area contributed by atoms with Gasteiger partial charge in [0.1, 0.15) is 5.78 Å². The van der Waals surface area contributed by atoms with E-state index in [-0.39, 0.29) is 37.9 Å². The van der Waals surface area contributed by atoms with Crippen LogP contribution in [-0.2, 0) is 19.2 Å². The fourth-order valence-corrected chi connectivity index (χ4v) is 1.36. The normalized spacial score (nSPS) is 13.3. The van der Waals surface area contributed by atoms with Gasteiger partial charge in [0.05, 0.1) is 6.04 Å². The van der Waals surface area contributed by atoms with Gasteiger partial charge in [0.15, 0.2) is 6.17 Å². The van der Waals surface area contributed by atoms with Crippen LogP contribution in [0.1, 0.15) is 32.1 Å². The van der Waals surface area contributed by atoms with Crippen molar-refractivity contribution in [2.24, 2.45) is 11.5 Å². The van der Waals surface area contributed by atoms with Gasteiger partial charge in [0.2, 0.25) is 5.91 Å². The smallest absolute Gasteiger partial charge is 0.341 e. The molecule has 0 aromatic heterocycles. The molecular weight excluding hydrogens is 270 g/mol. The summed E-state index contributed by atoms with van der Waals surface area (Å²) in [7, 11) is 0. The third-order valence-corrected chi connectivity index (χ3v) is 2.49. The van der Waals surface area contributed by atoms with Crippen molar-refractivity contribution in [3.8, 4) is 0 Å². The molecule has 9 heteroatoms. The molecule has 114 valence electrons. The first kappa shape index (κ1) is 18.0. The van der Waals surface area contributed by atoms with Crippen LogP contribution in [0, 0.1) is 0 Å². The molecule has 0 spiro atoms. The number of carboxylic acids is 2. The summed E-state index contributed by atoms with van der Waals surface area (Å²) < 4.78 is 0. The van der Waals surface area contributed by atoms with Gasteiger partial charge in [0.25, 0.3) is 0 Å². The molecule has 0 saturated carbocycles. The number of carbonyl (C=O) groups is 4. The number of nitrogens with two attached hydrogens (primary N) is 2. The molecule has 0 saturated heterocycles. The maximum Gasteiger partial charge on any atom is 0.341 e. The third kappa shape index (κ3) is 8.16. The second-order valence-corrected chi connectivity index (χ2v) is 4.24. The lowest BCUT2D eigenvalue weighted by Gasteiger charge is -2.10. The van der Waals surface area contributed by atoms with Gasteiger partial charge >= 0.3 is 11.9 Å². The van der Waals surface area contributed by atoms with Gasteiger partial charge in [-0.15, -0.1) is 0 Å². The van der Waals surface area contributed by atoms with Crippen LogP contribution in [-0.4, -0.2) is 46.0 Å². The first-order valence-electron chi connectivity index (χ1n) is 6.02. The summed E-state index contributed by atoms with van der Waals surface area (Å²) in [5.41, 5.74) is 10.6. The van der Waals surface area contributed by atoms with Crippen LogP contribution in [0.3, 0.4) is 0 Å². The topological polar surface area (TPSA) is 173 Å². The lowest BCUT2D eigenvalue weighted by atomic mass is 10.0. The van der Waals surface area contributed by atoms with Crippen molar-refractivity contribution in [3.05, 3.63) is 0 Å². The minimum absolute atomic E-state index is 0.0243. The number of hydrogen-bond acceptors (Lipinski definition) is 6. The van der Waals surface area contributed by atoms with Gasteiger partial charge in [-0.2, -0.15) is 0 Å². The predicted octanol–water partition coefficient (Wildman–Crippen LogP) is -1.60. The van der Waals surface area contributed by atoms with Crippen molar-refractivity contribution in [1.29, 1.82) is 0 Å². The van der Waals surface area contributed by atoms with E-state index in [1.165, 1.54) is 0 Å². The highest BCUT2D eigenvalue weighted by molar-refractivity contribution is 5.86. The molecule has 9 nitrogen and oxygen atoms in total. The summed E-state index contributed by atoms with van der Waals surface area (Å²) >= 11 is 0. The first-order valence-corrected chi connectivity index (χ1v) is 6.02. The highest BCUT2D eigenvalue weighted by Crippen LogP contribution is 2.03. The molecule has 0 heterocycles. The monoisotopic (exact) mass is 289 g/mol. The minimum atomic E-state index is -1.48. The zero-order chi connectivity index (χ0) is 15.7. The lowest BCUT2D eigenvalue weighted by Crippen LogP contribution is -2.47. The van der Waals surface area contributed by atoms with Gasteiger partial charge in [-0.05, 0) is 12.8 Å². The predicted molar refractivity (Wildman–Crippen MR) is 67.5 cm³/mol. The van der Waals surface area contributed by atoms with Crippen LogP contribution in [0.4, 0.5) is 0 Å². The minimum Gasteiger partial charge on any atom is -0.481 e. The lowest BCUT2D eigenvalue weighted by molar-refractivity contribution is -0.141. The Morgan fingerprint density at radius 2 is 1.60 bits per heavy atom. The van der Waals surface area contributed by atoms with E-state index in [1.807, 2.05) is 5.32 Å². The van der Waals surface area contributed by atoms with Gasteiger partial charge in [0, 0.05) is 19.3 Å². The van der Waals surface area contributed by atoms with Gasteiger partial charge in [-0.1, -0.05) is 0 Å². The van der Waals surface area contributed by atoms with E-state index < -0.39 is 30.1 Å². The number of amides is 1. The zero-order valence-corrected chi connectivity index (χ0v) is 10.9. The average molecular weight is 289 g/mol. The Bertz CT molecular complexity index is 384. The van der Waals surface area contributed by atoms with Crippen LogP contribution in [0.2, 0.25) is 0 Å². The van der Waals surface area contributed by atoms with Crippen LogP contribution < -0.4 is 16.8 Å². The largest absolute Gasteiger partial charge is 0.481 e. The Hall–Kier alpha value is -2.00. The van der Waals surface area contributed by atoms with Crippen molar-refractivity contribution in [2.75, 3.05) is 0 Å². The number of Topliss-reactive ketones (excluding diaryl/α,β-unsaturated/α-hetero) is 1. The Morgan fingerprint density at radius 1 is 1.00 bits per heavy atom. The van der Waals surface area contributed by atoms with E-state index >= 15 is 0 Å². The molecule has 2 atom stereocenters. The molecule has 1 amide bonds. The molecule has 20 heavy (non-hydrogen) atoms. The summed E-state index contributed by atoms with van der Waals surface area (Å²) in [4.78, 5) is 43.4. The van der Waals surface area contributed by atoms with Crippen molar-refractivity contribution < 1.29 is 29.4 Å². The Morgan fingerprint density at radius 3 is 2.10 bits per heavy atom. The molecule has 0 bridgehead atoms. The summed E-state index contributed by atoms with van der Waals surface area (Å²) in [5.74, 6) is -3.30. The second kappa shape index (κ2) is 8.99. The van der Waals surface area contributed by atoms with Gasteiger partial charge in [-0.25, -0.2) is 4.79 Å². The van der Waals surface area contributed by atoms with E-state index in [9.17, 15) is 19.2 Å². The maximum atomic E-state index is 11.5. The van der Waals surface area contributed by atoms with Crippen molar-refractivity contribution in [1.82, 2.24) is 5.32 Å². The van der Waals surface area contributed by atoms with Crippen molar-refractivity contribution in [3.63, 3.8) is 0 Å². The molecular formula is C11H19N3O6. The summed E-state index contributed by atoms with van der Waals surface area (Å²) in [6.07, 6.45) is -1.46. The van der Waals surface area contributed by atoms with E-state index in [1.54, 1.807) is 0 Å². The number of rotatable bonds is 10. The molecule has 0 aliphatic heterocycles. The molecule has 2 unspecified atom stereocenters. The average Bonchev–Trinajstić information content (AvgIpc) is 2.35. The van der Waals surface area contributed by atoms with Crippen LogP contribution >= 0.6 is 0 Å². The number of nitrogens with one attached hydrogen (secondary N) is 1. The van der Waals surface area contributed by atoms with Crippen LogP contribution in [0.5, 0.6) is 0 Å².